The van der Waals surface area contributed by atoms with Crippen molar-refractivity contribution in [3.05, 3.63) is 129 Å². The van der Waals surface area contributed by atoms with Crippen LogP contribution in [0.4, 0.5) is 0 Å². The monoisotopic (exact) mass is 696 g/mol. The van der Waals surface area contributed by atoms with E-state index in [-0.39, 0.29) is 0 Å². The van der Waals surface area contributed by atoms with Crippen LogP contribution in [0.3, 0.4) is 0 Å². The van der Waals surface area contributed by atoms with E-state index in [0.717, 1.165) is 12.8 Å². The molecule has 7 rings (SSSR count). The number of hydrogen-bond donors (Lipinski definition) is 0. The third-order valence-electron chi connectivity index (χ3n) is 10.9. The van der Waals surface area contributed by atoms with Crippen molar-refractivity contribution >= 4 is 18.5 Å². The zero-order valence-electron chi connectivity index (χ0n) is 28.9. The summed E-state index contributed by atoms with van der Waals surface area (Å²) in [4.78, 5) is 0. The molecule has 0 fully saturated rings. The minimum atomic E-state index is -2.14. The molecule has 2 aliphatic carbocycles. The Hall–Kier alpha value is -2.54. The van der Waals surface area contributed by atoms with E-state index in [1.165, 1.54) is 71.9 Å². The average Bonchev–Trinajstić information content (AvgIpc) is 3.57. The van der Waals surface area contributed by atoms with Crippen molar-refractivity contribution in [2.45, 2.75) is 99.4 Å². The first-order valence-electron chi connectivity index (χ1n) is 18.1. The minimum absolute atomic E-state index is 0.681. The van der Waals surface area contributed by atoms with Crippen LogP contribution in [0, 0.1) is 0 Å². The fourth-order valence-electron chi connectivity index (χ4n) is 9.10. The fourth-order valence-corrected chi connectivity index (χ4v) is 19.3. The topological polar surface area (TPSA) is 0 Å². The molecular formula is C44H50SiZr. The molecule has 0 aromatic heterocycles. The molecule has 0 radical (unpaired) electrons. The summed E-state index contributed by atoms with van der Waals surface area (Å²) in [5, 5.41) is 3.62. The quantitative estimate of drug-likeness (QED) is 0.145. The number of hydrogen-bond acceptors (Lipinski definition) is 0. The Kier molecular flexibility index (Phi) is 9.17. The molecule has 2 atom stereocenters. The first-order valence-corrected chi connectivity index (χ1v) is 23.9. The van der Waals surface area contributed by atoms with Gasteiger partial charge in [-0.3, -0.25) is 0 Å². The van der Waals surface area contributed by atoms with Crippen LogP contribution in [-0.2, 0) is 36.1 Å². The van der Waals surface area contributed by atoms with Crippen molar-refractivity contribution in [1.82, 2.24) is 0 Å². The molecular weight excluding hydrogens is 648 g/mol. The number of fused-ring (bicyclic) bond motifs is 8. The molecule has 46 heavy (non-hydrogen) atoms. The predicted octanol–water partition coefficient (Wildman–Crippen LogP) is 12.7. The van der Waals surface area contributed by atoms with E-state index < -0.39 is 31.3 Å². The van der Waals surface area contributed by atoms with E-state index in [1.54, 1.807) is 22.3 Å². The van der Waals surface area contributed by atoms with Crippen LogP contribution < -0.4 is 0 Å². The van der Waals surface area contributed by atoms with Gasteiger partial charge in [0.1, 0.15) is 0 Å². The number of allylic oxidation sites excluding steroid dienone is 2. The van der Waals surface area contributed by atoms with Gasteiger partial charge in [0.15, 0.2) is 0 Å². The van der Waals surface area contributed by atoms with Crippen LogP contribution >= 0.6 is 0 Å². The molecule has 4 bridgehead atoms. The first-order chi connectivity index (χ1) is 22.4. The van der Waals surface area contributed by atoms with Crippen molar-refractivity contribution in [2.75, 3.05) is 0 Å². The molecule has 234 valence electrons. The maximum atomic E-state index is 2.74. The Labute approximate surface area is 291 Å². The van der Waals surface area contributed by atoms with E-state index in [2.05, 4.69) is 126 Å². The Morgan fingerprint density at radius 2 is 0.891 bits per heavy atom. The van der Waals surface area contributed by atoms with Gasteiger partial charge in [-0.05, 0) is 0 Å². The van der Waals surface area contributed by atoms with Gasteiger partial charge < -0.3 is 0 Å². The summed E-state index contributed by atoms with van der Waals surface area (Å²) in [6, 6.07) is 34.0. The van der Waals surface area contributed by atoms with Crippen molar-refractivity contribution in [1.29, 1.82) is 0 Å². The molecule has 1 heterocycles. The summed E-state index contributed by atoms with van der Waals surface area (Å²) in [6.07, 6.45) is 9.70. The first kappa shape index (κ1) is 32.0. The molecule has 0 N–H and O–H groups in total. The van der Waals surface area contributed by atoms with Gasteiger partial charge in [-0.25, -0.2) is 0 Å². The van der Waals surface area contributed by atoms with E-state index in [0.29, 0.717) is 7.25 Å². The number of rotatable bonds is 10. The molecule has 2 unspecified atom stereocenters. The van der Waals surface area contributed by atoms with Crippen molar-refractivity contribution in [3.63, 3.8) is 0 Å². The second-order valence-electron chi connectivity index (χ2n) is 14.4. The Morgan fingerprint density at radius 1 is 0.500 bits per heavy atom. The van der Waals surface area contributed by atoms with E-state index in [4.69, 9.17) is 0 Å². The van der Waals surface area contributed by atoms with Crippen LogP contribution in [0.2, 0.25) is 13.1 Å². The summed E-state index contributed by atoms with van der Waals surface area (Å²) in [5.41, 5.74) is 19.1. The zero-order valence-corrected chi connectivity index (χ0v) is 32.4. The summed E-state index contributed by atoms with van der Waals surface area (Å²) in [6.45, 7) is 14.9. The molecule has 0 saturated carbocycles. The van der Waals surface area contributed by atoms with Gasteiger partial charge in [-0.2, -0.15) is 0 Å². The van der Waals surface area contributed by atoms with Gasteiger partial charge in [0, 0.05) is 0 Å². The molecule has 0 amide bonds. The van der Waals surface area contributed by atoms with Gasteiger partial charge in [0.05, 0.1) is 0 Å². The molecule has 4 aromatic rings. The van der Waals surface area contributed by atoms with Gasteiger partial charge in [0.25, 0.3) is 0 Å². The van der Waals surface area contributed by atoms with Crippen molar-refractivity contribution in [3.8, 4) is 22.3 Å². The summed E-state index contributed by atoms with van der Waals surface area (Å²) in [7, 11) is -2.14. The molecule has 1 aliphatic heterocycles. The summed E-state index contributed by atoms with van der Waals surface area (Å²) >= 11 is -0.945. The Bertz CT molecular complexity index is 1690. The number of benzene rings is 4. The van der Waals surface area contributed by atoms with Gasteiger partial charge in [0.2, 0.25) is 0 Å². The third kappa shape index (κ3) is 5.27. The number of aryl methyl sites for hydroxylation is 2. The molecule has 0 spiro atoms. The van der Waals surface area contributed by atoms with E-state index >= 15 is 0 Å². The standard InChI is InChI=1S/C44H50Si.Zr/c1-7-13-31-21-25-33(26-22-31)39-19-11-17-35-29-37(15-9-3)43(41(35)39)45(5,6)44-38(16-10-4)30-36-18-12-20-40(42(36)44)34-27-23-32(14-8-2)24-28-34;/h11-12,17-30H,7-10,13-16H2,1-6H3;. The molecule has 4 aromatic carbocycles. The third-order valence-corrected chi connectivity index (χ3v) is 19.4. The van der Waals surface area contributed by atoms with Crippen molar-refractivity contribution in [2.24, 2.45) is 0 Å². The average molecular weight is 698 g/mol. The molecule has 2 heteroatoms. The second kappa shape index (κ2) is 13.2. The fraction of sp³-hybridized carbons (Fsp3) is 0.364. The molecule has 0 nitrogen and oxygen atoms in total. The van der Waals surface area contributed by atoms with Crippen LogP contribution in [0.1, 0.15) is 107 Å². The predicted molar refractivity (Wildman–Crippen MR) is 198 cm³/mol. The van der Waals surface area contributed by atoms with Crippen molar-refractivity contribution < 1.29 is 23.2 Å². The molecule has 3 aliphatic rings. The Morgan fingerprint density at radius 3 is 1.26 bits per heavy atom. The van der Waals surface area contributed by atoms with Crippen LogP contribution in [-0.4, -0.2) is 8.07 Å². The van der Waals surface area contributed by atoms with Gasteiger partial charge in [-0.15, -0.1) is 0 Å². The second-order valence-corrected chi connectivity index (χ2v) is 22.3. The van der Waals surface area contributed by atoms with E-state index in [1.807, 2.05) is 21.5 Å². The van der Waals surface area contributed by atoms with Crippen LogP contribution in [0.5, 0.6) is 0 Å². The summed E-state index contributed by atoms with van der Waals surface area (Å²) in [5.74, 6) is 0. The van der Waals surface area contributed by atoms with Gasteiger partial charge >= 0.3 is 293 Å². The Balaban J connectivity index is 1.46. The SMILES string of the molecule is CCCC1=C2c3c(-c4ccc(CCC)cc4)cccc3[CH]1[Zr][CH]1C(CCC)=C(c3c(-c4ccc(CCC)cc4)cccc31)[Si]2(C)C. The van der Waals surface area contributed by atoms with Gasteiger partial charge in [-0.1, -0.05) is 0 Å². The summed E-state index contributed by atoms with van der Waals surface area (Å²) < 4.78 is 1.36. The van der Waals surface area contributed by atoms with Crippen LogP contribution in [0.15, 0.2) is 96.1 Å². The maximum absolute atomic E-state index is 2.74. The zero-order chi connectivity index (χ0) is 32.0. The van der Waals surface area contributed by atoms with E-state index in [9.17, 15) is 0 Å². The van der Waals surface area contributed by atoms with Crippen LogP contribution in [0.25, 0.3) is 32.6 Å². The normalized spacial score (nSPS) is 19.1. The molecule has 0 saturated heterocycles.